The summed E-state index contributed by atoms with van der Waals surface area (Å²) in [6, 6.07) is 74.6. The second-order valence-electron chi connectivity index (χ2n) is 20.2. The van der Waals surface area contributed by atoms with Gasteiger partial charge in [-0.2, -0.15) is 0 Å². The van der Waals surface area contributed by atoms with Crippen LogP contribution in [-0.4, -0.2) is 0 Å². The Labute approximate surface area is 420 Å². The van der Waals surface area contributed by atoms with E-state index in [4.69, 9.17) is 0 Å². The van der Waals surface area contributed by atoms with E-state index in [0.717, 1.165) is 0 Å². The van der Waals surface area contributed by atoms with Gasteiger partial charge in [-0.3, -0.25) is 0 Å². The van der Waals surface area contributed by atoms with E-state index < -0.39 is 5.41 Å². The molecule has 0 N–H and O–H groups in total. The fraction of sp³-hybridized carbons (Fsp3) is 0.188. The van der Waals surface area contributed by atoms with Crippen molar-refractivity contribution in [2.24, 2.45) is 0 Å². The van der Waals surface area contributed by atoms with Gasteiger partial charge in [0.15, 0.2) is 0 Å². The highest BCUT2D eigenvalue weighted by atomic mass is 32.1. The van der Waals surface area contributed by atoms with Crippen LogP contribution in [0, 0.1) is 13.8 Å². The lowest BCUT2D eigenvalue weighted by Gasteiger charge is -2.35. The molecule has 0 saturated carbocycles. The van der Waals surface area contributed by atoms with Gasteiger partial charge in [0, 0.05) is 20.4 Å². The SMILES string of the molecule is CC.CC.Cc1ccc(C2(c3ccc(C)cc3)c3cc4c(cc3-c3cc5c(cc32)-c2ccc(-c3ccccc3-c3ccccc3)cc2C5(C)C)C(C)(C)c2cc(-c3cc5ccccc5s3)ccc2-4)cc1. The van der Waals surface area contributed by atoms with Crippen LogP contribution in [0.2, 0.25) is 0 Å². The number of rotatable bonds is 5. The smallest absolute Gasteiger partial charge is 0.0714 e. The Morgan fingerprint density at radius 1 is 0.314 bits per heavy atom. The van der Waals surface area contributed by atoms with Crippen molar-refractivity contribution in [3.8, 4) is 66.1 Å². The maximum Gasteiger partial charge on any atom is 0.0714 e. The first-order valence-corrected chi connectivity index (χ1v) is 26.3. The van der Waals surface area contributed by atoms with E-state index in [1.165, 1.54) is 132 Å². The molecule has 70 heavy (non-hydrogen) atoms. The molecule has 0 atom stereocenters. The molecule has 0 spiro atoms. The number of hydrogen-bond donors (Lipinski definition) is 0. The summed E-state index contributed by atoms with van der Waals surface area (Å²) < 4.78 is 1.33. The number of benzene rings is 9. The average molecular weight is 923 g/mol. The fourth-order valence-electron chi connectivity index (χ4n) is 12.2. The van der Waals surface area contributed by atoms with E-state index in [-0.39, 0.29) is 10.8 Å². The summed E-state index contributed by atoms with van der Waals surface area (Å²) in [4.78, 5) is 1.32. The van der Waals surface area contributed by atoms with E-state index in [0.29, 0.717) is 0 Å². The molecule has 13 rings (SSSR count). The van der Waals surface area contributed by atoms with Crippen molar-refractivity contribution in [1.29, 1.82) is 0 Å². The van der Waals surface area contributed by atoms with E-state index >= 15 is 0 Å². The number of thiophene rings is 1. The van der Waals surface area contributed by atoms with Crippen LogP contribution >= 0.6 is 11.3 Å². The summed E-state index contributed by atoms with van der Waals surface area (Å²) in [5.41, 5.74) is 26.9. The summed E-state index contributed by atoms with van der Waals surface area (Å²) >= 11 is 1.89. The lowest BCUT2D eigenvalue weighted by molar-refractivity contribution is 0.660. The lowest BCUT2D eigenvalue weighted by Crippen LogP contribution is -2.29. The van der Waals surface area contributed by atoms with Gasteiger partial charge in [-0.1, -0.05) is 212 Å². The molecule has 3 aliphatic rings. The first-order valence-electron chi connectivity index (χ1n) is 25.5. The Balaban J connectivity index is 0.00000130. The second-order valence-corrected chi connectivity index (χ2v) is 21.3. The van der Waals surface area contributed by atoms with Crippen molar-refractivity contribution in [1.82, 2.24) is 0 Å². The molecule has 1 heterocycles. The molecule has 0 aliphatic heterocycles. The van der Waals surface area contributed by atoms with Crippen molar-refractivity contribution in [3.05, 3.63) is 250 Å². The topological polar surface area (TPSA) is 0 Å². The van der Waals surface area contributed by atoms with Crippen LogP contribution in [0.15, 0.2) is 194 Å². The predicted molar refractivity (Wildman–Crippen MR) is 303 cm³/mol. The maximum atomic E-state index is 2.61. The molecule has 0 fully saturated rings. The zero-order valence-electron chi connectivity index (χ0n) is 42.4. The monoisotopic (exact) mass is 922 g/mol. The van der Waals surface area contributed by atoms with Crippen LogP contribution in [0.4, 0.5) is 0 Å². The van der Waals surface area contributed by atoms with Gasteiger partial charge in [-0.05, 0) is 173 Å². The molecular weight excluding hydrogens is 861 g/mol. The molecule has 0 amide bonds. The third-order valence-corrected chi connectivity index (χ3v) is 16.9. The zero-order valence-corrected chi connectivity index (χ0v) is 43.2. The predicted octanol–water partition coefficient (Wildman–Crippen LogP) is 19.5. The standard InChI is InChI=1S/C65H50S.2C2H6/c1-39-20-26-45(27-21-39)65(46-28-22-40(2)23-29-46)59-37-51-49-30-24-42(48-18-12-11-17-47(48)41-14-8-7-9-15-41)32-55(49)63(3,4)57(51)35-53(59)54-36-58-52(38-60(54)65)50-31-25-44(33-56(50)64(58,5)6)62-34-43-16-10-13-19-61(43)66-62;2*1-2/h7-38H,1-6H3;2*1-2H3. The quantitative estimate of drug-likeness (QED) is 0.161. The summed E-state index contributed by atoms with van der Waals surface area (Å²) in [6.07, 6.45) is 0. The van der Waals surface area contributed by atoms with E-state index in [2.05, 4.69) is 236 Å². The molecule has 0 bridgehead atoms. The molecule has 0 saturated heterocycles. The van der Waals surface area contributed by atoms with Gasteiger partial charge in [-0.25, -0.2) is 0 Å². The van der Waals surface area contributed by atoms with Gasteiger partial charge in [0.2, 0.25) is 0 Å². The first kappa shape index (κ1) is 45.4. The fourth-order valence-corrected chi connectivity index (χ4v) is 13.3. The summed E-state index contributed by atoms with van der Waals surface area (Å²) in [5.74, 6) is 0. The lowest BCUT2D eigenvalue weighted by atomic mass is 9.66. The Morgan fingerprint density at radius 3 is 1.26 bits per heavy atom. The largest absolute Gasteiger partial charge is 0.135 e. The first-order chi connectivity index (χ1) is 34.0. The summed E-state index contributed by atoms with van der Waals surface area (Å²) in [7, 11) is 0. The third kappa shape index (κ3) is 6.69. The third-order valence-electron chi connectivity index (χ3n) is 15.7. The molecule has 9 aromatic carbocycles. The maximum absolute atomic E-state index is 2.61. The van der Waals surface area contributed by atoms with E-state index in [1.54, 1.807) is 0 Å². The molecule has 0 nitrogen and oxygen atoms in total. The Morgan fingerprint density at radius 2 is 0.729 bits per heavy atom. The minimum absolute atomic E-state index is 0.190. The van der Waals surface area contributed by atoms with Gasteiger partial charge in [0.1, 0.15) is 0 Å². The van der Waals surface area contributed by atoms with E-state index in [9.17, 15) is 0 Å². The molecule has 0 radical (unpaired) electrons. The number of hydrogen-bond acceptors (Lipinski definition) is 1. The van der Waals surface area contributed by atoms with Gasteiger partial charge in [-0.15, -0.1) is 11.3 Å². The number of aryl methyl sites for hydroxylation is 2. The van der Waals surface area contributed by atoms with Crippen LogP contribution < -0.4 is 0 Å². The second kappa shape index (κ2) is 17.1. The van der Waals surface area contributed by atoms with Crippen molar-refractivity contribution in [2.45, 2.75) is 85.5 Å². The molecule has 344 valence electrons. The molecular formula is C69H62S. The van der Waals surface area contributed by atoms with Gasteiger partial charge in [0.25, 0.3) is 0 Å². The Bertz CT molecular complexity index is 3550. The van der Waals surface area contributed by atoms with Crippen molar-refractivity contribution in [2.75, 3.05) is 0 Å². The van der Waals surface area contributed by atoms with Gasteiger partial charge >= 0.3 is 0 Å². The molecule has 10 aromatic rings. The van der Waals surface area contributed by atoms with Crippen molar-refractivity contribution >= 4 is 21.4 Å². The Kier molecular flexibility index (Phi) is 11.1. The molecule has 0 unspecified atom stereocenters. The highest BCUT2D eigenvalue weighted by Crippen LogP contribution is 2.63. The molecule has 3 aliphatic carbocycles. The van der Waals surface area contributed by atoms with Gasteiger partial charge in [0.05, 0.1) is 5.41 Å². The van der Waals surface area contributed by atoms with Crippen LogP contribution in [0.25, 0.3) is 76.2 Å². The minimum atomic E-state index is -0.540. The molecule has 1 heteroatoms. The molecule has 1 aromatic heterocycles. The van der Waals surface area contributed by atoms with Gasteiger partial charge < -0.3 is 0 Å². The van der Waals surface area contributed by atoms with Crippen molar-refractivity contribution in [3.63, 3.8) is 0 Å². The van der Waals surface area contributed by atoms with Crippen LogP contribution in [0.5, 0.6) is 0 Å². The van der Waals surface area contributed by atoms with Crippen LogP contribution in [0.1, 0.15) is 111 Å². The zero-order chi connectivity index (χ0) is 48.7. The highest BCUT2D eigenvalue weighted by Gasteiger charge is 2.50. The summed E-state index contributed by atoms with van der Waals surface area (Å²) in [5, 5.41) is 1.31. The normalized spacial score (nSPS) is 14.5. The number of fused-ring (bicyclic) bond motifs is 10. The van der Waals surface area contributed by atoms with E-state index in [1.807, 2.05) is 39.0 Å². The highest BCUT2D eigenvalue weighted by molar-refractivity contribution is 7.22. The van der Waals surface area contributed by atoms with Crippen LogP contribution in [0.3, 0.4) is 0 Å². The van der Waals surface area contributed by atoms with Crippen LogP contribution in [-0.2, 0) is 16.2 Å². The average Bonchev–Trinajstić information content (AvgIpc) is 4.09. The summed E-state index contributed by atoms with van der Waals surface area (Å²) in [6.45, 7) is 22.2. The van der Waals surface area contributed by atoms with Crippen molar-refractivity contribution < 1.29 is 0 Å². The Hall–Kier alpha value is -7.06. The minimum Gasteiger partial charge on any atom is -0.135 e.